The maximum absolute atomic E-state index is 6.12. The third-order valence-corrected chi connectivity index (χ3v) is 5.27. The van der Waals surface area contributed by atoms with E-state index in [1.54, 1.807) is 0 Å². The standard InChI is InChI=1S/C16H20O4/c1-13-9-10-16(11-12-7-5-4-6-8-12)14(2,17-13)19-20-15(16,3)18-13/h4-8H,9-11H2,1-3H3/t13?,14-,15+,16?. The summed E-state index contributed by atoms with van der Waals surface area (Å²) in [5.74, 6) is -2.13. The first-order valence-corrected chi connectivity index (χ1v) is 7.22. The molecular formula is C16H20O4. The number of ether oxygens (including phenoxy) is 2. The summed E-state index contributed by atoms with van der Waals surface area (Å²) in [5, 5.41) is 0. The van der Waals surface area contributed by atoms with Gasteiger partial charge in [-0.3, -0.25) is 0 Å². The molecule has 4 heteroatoms. The van der Waals surface area contributed by atoms with Gasteiger partial charge in [-0.2, -0.15) is 9.78 Å². The van der Waals surface area contributed by atoms with Gasteiger partial charge in [0.05, 0.1) is 5.41 Å². The molecule has 1 aromatic carbocycles. The molecule has 4 saturated heterocycles. The molecule has 2 unspecified atom stereocenters. The van der Waals surface area contributed by atoms with E-state index in [0.717, 1.165) is 19.3 Å². The minimum absolute atomic E-state index is 0.320. The zero-order valence-electron chi connectivity index (χ0n) is 12.1. The molecule has 1 aromatic rings. The molecule has 108 valence electrons. The molecule has 0 N–H and O–H groups in total. The Labute approximate surface area is 118 Å². The molecule has 4 nitrogen and oxygen atoms in total. The number of fused-ring (bicyclic) bond motifs is 1. The minimum atomic E-state index is -0.761. The van der Waals surface area contributed by atoms with E-state index in [1.165, 1.54) is 5.56 Å². The summed E-state index contributed by atoms with van der Waals surface area (Å²) in [5.41, 5.74) is 0.927. The smallest absolute Gasteiger partial charge is 0.213 e. The Hall–Kier alpha value is -0.940. The highest BCUT2D eigenvalue weighted by atomic mass is 17.3. The lowest BCUT2D eigenvalue weighted by Gasteiger charge is -2.60. The highest BCUT2D eigenvalue weighted by Gasteiger charge is 2.78. The summed E-state index contributed by atoms with van der Waals surface area (Å²) < 4.78 is 12.2. The fraction of sp³-hybridized carbons (Fsp3) is 0.625. The van der Waals surface area contributed by atoms with E-state index >= 15 is 0 Å². The summed E-state index contributed by atoms with van der Waals surface area (Å²) in [6, 6.07) is 10.4. The fourth-order valence-corrected chi connectivity index (χ4v) is 4.16. The van der Waals surface area contributed by atoms with Gasteiger partial charge in [-0.05, 0) is 39.2 Å². The van der Waals surface area contributed by atoms with Crippen LogP contribution in [0.3, 0.4) is 0 Å². The molecule has 0 radical (unpaired) electrons. The summed E-state index contributed by atoms with van der Waals surface area (Å²) in [7, 11) is 0. The van der Waals surface area contributed by atoms with E-state index in [-0.39, 0.29) is 5.41 Å². The lowest BCUT2D eigenvalue weighted by atomic mass is 9.62. The van der Waals surface area contributed by atoms with Crippen LogP contribution >= 0.6 is 0 Å². The van der Waals surface area contributed by atoms with Crippen LogP contribution < -0.4 is 0 Å². The van der Waals surface area contributed by atoms with E-state index in [1.807, 2.05) is 26.8 Å². The van der Waals surface area contributed by atoms with Gasteiger partial charge in [0, 0.05) is 6.42 Å². The zero-order chi connectivity index (χ0) is 14.1. The van der Waals surface area contributed by atoms with Crippen LogP contribution in [0.2, 0.25) is 0 Å². The Morgan fingerprint density at radius 1 is 0.900 bits per heavy atom. The first-order valence-electron chi connectivity index (χ1n) is 7.22. The maximum atomic E-state index is 6.12. The Bertz CT molecular complexity index is 523. The number of hydrogen-bond donors (Lipinski definition) is 0. The van der Waals surface area contributed by atoms with Gasteiger partial charge in [0.1, 0.15) is 0 Å². The molecular weight excluding hydrogens is 256 g/mol. The average Bonchev–Trinajstić information content (AvgIpc) is 2.54. The molecule has 4 aliphatic rings. The third kappa shape index (κ3) is 1.40. The highest BCUT2D eigenvalue weighted by Crippen LogP contribution is 2.67. The molecule has 4 fully saturated rings. The number of hydrogen-bond acceptors (Lipinski definition) is 4. The maximum Gasteiger partial charge on any atom is 0.213 e. The SMILES string of the molecule is CC12CCC3(Cc4ccccc4)[C@@](C)(OO[C@]3(C)O1)O2. The van der Waals surface area contributed by atoms with E-state index in [4.69, 9.17) is 19.2 Å². The van der Waals surface area contributed by atoms with E-state index in [9.17, 15) is 0 Å². The Morgan fingerprint density at radius 3 is 2.10 bits per heavy atom. The van der Waals surface area contributed by atoms with Crippen molar-refractivity contribution in [1.29, 1.82) is 0 Å². The molecule has 5 rings (SSSR count). The second kappa shape index (κ2) is 3.63. The molecule has 0 spiro atoms. The van der Waals surface area contributed by atoms with Crippen LogP contribution in [0.5, 0.6) is 0 Å². The summed E-state index contributed by atoms with van der Waals surface area (Å²) in [6.07, 6.45) is 2.64. The van der Waals surface area contributed by atoms with Crippen LogP contribution in [0.1, 0.15) is 39.2 Å². The van der Waals surface area contributed by atoms with Gasteiger partial charge in [-0.1, -0.05) is 30.3 Å². The van der Waals surface area contributed by atoms with Gasteiger partial charge in [0.2, 0.25) is 11.6 Å². The fourth-order valence-electron chi connectivity index (χ4n) is 4.16. The molecule has 0 aliphatic carbocycles. The summed E-state index contributed by atoms with van der Waals surface area (Å²) >= 11 is 0. The van der Waals surface area contributed by atoms with Crippen molar-refractivity contribution >= 4 is 0 Å². The normalized spacial score (nSPS) is 49.5. The van der Waals surface area contributed by atoms with Crippen molar-refractivity contribution in [2.24, 2.45) is 5.41 Å². The molecule has 4 heterocycles. The highest BCUT2D eigenvalue weighted by molar-refractivity contribution is 5.22. The second-order valence-corrected chi connectivity index (χ2v) is 6.64. The predicted molar refractivity (Wildman–Crippen MR) is 71.4 cm³/mol. The topological polar surface area (TPSA) is 36.9 Å². The lowest BCUT2D eigenvalue weighted by molar-refractivity contribution is -0.454. The van der Waals surface area contributed by atoms with Crippen molar-refractivity contribution in [3.63, 3.8) is 0 Å². The monoisotopic (exact) mass is 276 g/mol. The van der Waals surface area contributed by atoms with Crippen molar-refractivity contribution in [1.82, 2.24) is 0 Å². The zero-order valence-corrected chi connectivity index (χ0v) is 12.1. The number of rotatable bonds is 2. The van der Waals surface area contributed by atoms with Crippen molar-refractivity contribution in [2.75, 3.05) is 0 Å². The lowest BCUT2D eigenvalue weighted by Crippen LogP contribution is -2.71. The Morgan fingerprint density at radius 2 is 1.50 bits per heavy atom. The summed E-state index contributed by atoms with van der Waals surface area (Å²) in [4.78, 5) is 11.2. The van der Waals surface area contributed by atoms with Gasteiger partial charge in [-0.15, -0.1) is 0 Å². The van der Waals surface area contributed by atoms with Crippen LogP contribution in [0.15, 0.2) is 30.3 Å². The van der Waals surface area contributed by atoms with Crippen LogP contribution in [-0.2, 0) is 25.7 Å². The Kier molecular flexibility index (Phi) is 2.32. The van der Waals surface area contributed by atoms with Crippen molar-refractivity contribution in [3.8, 4) is 0 Å². The Balaban J connectivity index is 1.79. The molecule has 4 atom stereocenters. The molecule has 4 aliphatic heterocycles. The summed E-state index contributed by atoms with van der Waals surface area (Å²) in [6.45, 7) is 5.91. The van der Waals surface area contributed by atoms with Crippen molar-refractivity contribution < 1.29 is 19.2 Å². The van der Waals surface area contributed by atoms with Gasteiger partial charge >= 0.3 is 0 Å². The first kappa shape index (κ1) is 12.8. The van der Waals surface area contributed by atoms with Gasteiger partial charge in [0.15, 0.2) is 5.79 Å². The van der Waals surface area contributed by atoms with Gasteiger partial charge < -0.3 is 9.47 Å². The van der Waals surface area contributed by atoms with Gasteiger partial charge in [-0.25, -0.2) is 0 Å². The molecule has 0 aromatic heterocycles. The number of benzene rings is 1. The largest absolute Gasteiger partial charge is 0.315 e. The molecule has 20 heavy (non-hydrogen) atoms. The minimum Gasteiger partial charge on any atom is -0.315 e. The van der Waals surface area contributed by atoms with Crippen LogP contribution in [0, 0.1) is 5.41 Å². The average molecular weight is 276 g/mol. The quantitative estimate of drug-likeness (QED) is 0.777. The van der Waals surface area contributed by atoms with E-state index in [0.29, 0.717) is 0 Å². The third-order valence-electron chi connectivity index (χ3n) is 5.27. The van der Waals surface area contributed by atoms with Crippen molar-refractivity contribution in [2.45, 2.75) is 57.4 Å². The van der Waals surface area contributed by atoms with E-state index in [2.05, 4.69) is 24.3 Å². The van der Waals surface area contributed by atoms with Gasteiger partial charge in [0.25, 0.3) is 0 Å². The van der Waals surface area contributed by atoms with Crippen molar-refractivity contribution in [3.05, 3.63) is 35.9 Å². The molecule has 0 saturated carbocycles. The van der Waals surface area contributed by atoms with Crippen LogP contribution in [0.4, 0.5) is 0 Å². The molecule has 4 bridgehead atoms. The second-order valence-electron chi connectivity index (χ2n) is 6.64. The van der Waals surface area contributed by atoms with Crippen LogP contribution in [0.25, 0.3) is 0 Å². The predicted octanol–water partition coefficient (Wildman–Crippen LogP) is 3.17. The van der Waals surface area contributed by atoms with Crippen LogP contribution in [-0.4, -0.2) is 17.4 Å². The first-order chi connectivity index (χ1) is 9.41. The molecule has 0 amide bonds. The van der Waals surface area contributed by atoms with E-state index < -0.39 is 17.4 Å².